The summed E-state index contributed by atoms with van der Waals surface area (Å²) in [6, 6.07) is 6.39. The first-order chi connectivity index (χ1) is 19.4. The quantitative estimate of drug-likeness (QED) is 0.357. The second kappa shape index (κ2) is 13.0. The fourth-order valence-electron chi connectivity index (χ4n) is 5.36. The average Bonchev–Trinajstić information content (AvgIpc) is 3.85. The number of benzene rings is 1. The van der Waals surface area contributed by atoms with Gasteiger partial charge in [0.05, 0.1) is 16.8 Å². The Bertz CT molecular complexity index is 1490. The molecule has 0 spiro atoms. The van der Waals surface area contributed by atoms with Gasteiger partial charge in [-0.25, -0.2) is 13.2 Å². The first-order valence-corrected chi connectivity index (χ1v) is 13.3. The molecular weight excluding hydrogens is 589 g/mol. The van der Waals surface area contributed by atoms with Gasteiger partial charge in [-0.05, 0) is 56.3 Å². The van der Waals surface area contributed by atoms with Gasteiger partial charge in [-0.1, -0.05) is 19.6 Å². The van der Waals surface area contributed by atoms with Crippen LogP contribution in [0.5, 0.6) is 0 Å². The topological polar surface area (TPSA) is 93.2 Å². The van der Waals surface area contributed by atoms with Gasteiger partial charge in [-0.3, -0.25) is 14.6 Å². The number of piperidine rings is 1. The van der Waals surface area contributed by atoms with E-state index in [0.717, 1.165) is 59.3 Å². The highest BCUT2D eigenvalue weighted by atomic mass is 32.1. The predicted octanol–water partition coefficient (Wildman–Crippen LogP) is 5.11. The summed E-state index contributed by atoms with van der Waals surface area (Å²) in [5, 5.41) is 2.35. The molecule has 1 amide bonds. The van der Waals surface area contributed by atoms with Crippen molar-refractivity contribution < 1.29 is 26.7 Å². The number of nitrogens with zero attached hydrogens (tertiary/aromatic N) is 3. The van der Waals surface area contributed by atoms with Crippen molar-refractivity contribution in [1.82, 2.24) is 19.8 Å². The highest BCUT2D eigenvalue weighted by Gasteiger charge is 2.53. The molecule has 1 saturated heterocycles. The highest BCUT2D eigenvalue weighted by Crippen LogP contribution is 2.48. The molecule has 2 atom stereocenters. The van der Waals surface area contributed by atoms with Gasteiger partial charge in [0.25, 0.3) is 17.9 Å². The molecule has 2 aliphatic carbocycles. The standard InChI is InChI=1S/C23H19F5N4O2.C6H11N.CH4.H2S/c24-19-13(2-1-3-16(19)23(27,28)14-4-8-30-9-5-14)11-31-20(34)15-12-32(18(33)10-17(15)29)22(6-7-22)21(25)26;1-7-3-5-2-6(5)4-7;;/h1-5,8-10,12,21H,6-7,11,29H2,(H,31,34);5-6H,2-4H2,1H3;1H4;1H2. The molecule has 0 bridgehead atoms. The zero-order valence-electron chi connectivity index (χ0n) is 22.8. The van der Waals surface area contributed by atoms with E-state index in [2.05, 4.69) is 22.2 Å². The number of aromatic nitrogens is 2. The maximum atomic E-state index is 15.0. The Morgan fingerprint density at radius 1 is 1.16 bits per heavy atom. The third-order valence-corrected chi connectivity index (χ3v) is 8.04. The molecule has 2 aromatic heterocycles. The molecule has 2 unspecified atom stereocenters. The van der Waals surface area contributed by atoms with E-state index in [4.69, 9.17) is 5.73 Å². The number of likely N-dealkylation sites (tertiary alicyclic amines) is 1. The second-order valence-corrected chi connectivity index (χ2v) is 11.0. The Kier molecular flexibility index (Phi) is 10.3. The number of alkyl halides is 4. The molecule has 0 radical (unpaired) electrons. The number of carbonyl (C=O) groups excluding carboxylic acids is 1. The third kappa shape index (κ3) is 6.87. The number of pyridine rings is 2. The van der Waals surface area contributed by atoms with E-state index < -0.39 is 52.8 Å². The number of nitrogens with one attached hydrogen (secondary N) is 1. The second-order valence-electron chi connectivity index (χ2n) is 11.0. The molecular formula is C30H36F5N5O2S. The number of rotatable bonds is 7. The van der Waals surface area contributed by atoms with E-state index >= 15 is 0 Å². The van der Waals surface area contributed by atoms with Gasteiger partial charge in [-0.2, -0.15) is 22.3 Å². The van der Waals surface area contributed by atoms with Crippen molar-refractivity contribution in [3.63, 3.8) is 0 Å². The molecule has 234 valence electrons. The summed E-state index contributed by atoms with van der Waals surface area (Å²) >= 11 is 0. The van der Waals surface area contributed by atoms with Gasteiger partial charge < -0.3 is 20.5 Å². The molecule has 2 saturated carbocycles. The Hall–Kier alpha value is -3.45. The minimum Gasteiger partial charge on any atom is -0.398 e. The maximum Gasteiger partial charge on any atom is 0.301 e. The van der Waals surface area contributed by atoms with Crippen LogP contribution in [0.25, 0.3) is 0 Å². The molecule has 3 heterocycles. The summed E-state index contributed by atoms with van der Waals surface area (Å²) in [7, 11) is 2.21. The number of amides is 1. The van der Waals surface area contributed by atoms with Gasteiger partial charge in [0.2, 0.25) is 0 Å². The number of anilines is 1. The summed E-state index contributed by atoms with van der Waals surface area (Å²) in [6.45, 7) is 2.28. The van der Waals surface area contributed by atoms with Gasteiger partial charge in [-0.15, -0.1) is 0 Å². The lowest BCUT2D eigenvalue weighted by Gasteiger charge is -2.20. The van der Waals surface area contributed by atoms with Crippen LogP contribution < -0.4 is 16.6 Å². The fourth-order valence-corrected chi connectivity index (χ4v) is 5.36. The van der Waals surface area contributed by atoms with Crippen LogP contribution in [-0.4, -0.2) is 46.9 Å². The Labute approximate surface area is 253 Å². The largest absolute Gasteiger partial charge is 0.398 e. The first-order valence-electron chi connectivity index (χ1n) is 13.3. The Morgan fingerprint density at radius 3 is 2.33 bits per heavy atom. The number of fused-ring (bicyclic) bond motifs is 1. The minimum absolute atomic E-state index is 0. The zero-order chi connectivity index (χ0) is 29.5. The number of carbonyl (C=O) groups is 1. The molecule has 7 nitrogen and oxygen atoms in total. The molecule has 6 rings (SSSR count). The van der Waals surface area contributed by atoms with Crippen LogP contribution in [0.2, 0.25) is 0 Å². The Morgan fingerprint density at radius 2 is 1.79 bits per heavy atom. The maximum absolute atomic E-state index is 15.0. The molecule has 3 N–H and O–H groups in total. The highest BCUT2D eigenvalue weighted by molar-refractivity contribution is 7.59. The number of nitrogen functional groups attached to an aromatic ring is 1. The molecule has 1 aromatic carbocycles. The van der Waals surface area contributed by atoms with Gasteiger partial charge in [0.1, 0.15) is 11.4 Å². The summed E-state index contributed by atoms with van der Waals surface area (Å²) < 4.78 is 72.3. The van der Waals surface area contributed by atoms with Crippen LogP contribution in [0.4, 0.5) is 27.6 Å². The van der Waals surface area contributed by atoms with Gasteiger partial charge >= 0.3 is 5.92 Å². The van der Waals surface area contributed by atoms with Crippen LogP contribution in [0.15, 0.2) is 59.8 Å². The Balaban J connectivity index is 0.000000487. The van der Waals surface area contributed by atoms with Crippen molar-refractivity contribution in [2.24, 2.45) is 11.8 Å². The van der Waals surface area contributed by atoms with E-state index in [0.29, 0.717) is 0 Å². The van der Waals surface area contributed by atoms with Crippen LogP contribution in [-0.2, 0) is 18.0 Å². The summed E-state index contributed by atoms with van der Waals surface area (Å²) in [5.74, 6) is -3.50. The summed E-state index contributed by atoms with van der Waals surface area (Å²) in [5.41, 5.74) is 1.21. The molecule has 1 aliphatic heterocycles. The van der Waals surface area contributed by atoms with Crippen molar-refractivity contribution in [1.29, 1.82) is 0 Å². The number of halogens is 5. The SMILES string of the molecule is C.CN1CC2CC2C1.Nc1cc(=O)n(C2(C(F)F)CC2)cc1C(=O)NCc1cccc(C(F)(F)c2ccncc2)c1F.S. The summed E-state index contributed by atoms with van der Waals surface area (Å²) in [6.07, 6.45) is 2.13. The smallest absolute Gasteiger partial charge is 0.301 e. The normalized spacial score (nSPS) is 19.7. The predicted molar refractivity (Wildman–Crippen MR) is 159 cm³/mol. The van der Waals surface area contributed by atoms with E-state index in [1.54, 1.807) is 0 Å². The molecule has 43 heavy (non-hydrogen) atoms. The lowest BCUT2D eigenvalue weighted by molar-refractivity contribution is 0.0386. The van der Waals surface area contributed by atoms with Crippen LogP contribution in [0.3, 0.4) is 0 Å². The first kappa shape index (κ1) is 34.0. The minimum atomic E-state index is -3.65. The lowest BCUT2D eigenvalue weighted by atomic mass is 9.98. The van der Waals surface area contributed by atoms with Crippen LogP contribution in [0, 0.1) is 17.7 Å². The van der Waals surface area contributed by atoms with E-state index in [-0.39, 0.29) is 50.6 Å². The van der Waals surface area contributed by atoms with Crippen LogP contribution >= 0.6 is 13.5 Å². The molecule has 3 aromatic rings. The van der Waals surface area contributed by atoms with Gasteiger partial charge in [0, 0.05) is 55.4 Å². The van der Waals surface area contributed by atoms with E-state index in [1.807, 2.05) is 0 Å². The van der Waals surface area contributed by atoms with Crippen molar-refractivity contribution in [2.45, 2.75) is 51.1 Å². The lowest BCUT2D eigenvalue weighted by Crippen LogP contribution is -2.37. The van der Waals surface area contributed by atoms with Gasteiger partial charge in [0.15, 0.2) is 0 Å². The van der Waals surface area contributed by atoms with Crippen molar-refractivity contribution in [3.8, 4) is 0 Å². The van der Waals surface area contributed by atoms with Crippen molar-refractivity contribution in [3.05, 3.63) is 93.4 Å². The fraction of sp³-hybridized carbons (Fsp3) is 0.433. The molecule has 13 heteroatoms. The molecule has 3 fully saturated rings. The molecule has 3 aliphatic rings. The van der Waals surface area contributed by atoms with Crippen molar-refractivity contribution >= 4 is 25.1 Å². The number of hydrogen-bond acceptors (Lipinski definition) is 5. The monoisotopic (exact) mass is 625 g/mol. The number of nitrogens with two attached hydrogens (primary N) is 1. The average molecular weight is 626 g/mol. The van der Waals surface area contributed by atoms with E-state index in [9.17, 15) is 31.5 Å². The van der Waals surface area contributed by atoms with Crippen LogP contribution in [0.1, 0.15) is 53.7 Å². The number of hydrogen-bond donors (Lipinski definition) is 2. The third-order valence-electron chi connectivity index (χ3n) is 8.04. The summed E-state index contributed by atoms with van der Waals surface area (Å²) in [4.78, 5) is 30.9. The zero-order valence-corrected chi connectivity index (χ0v) is 23.8. The van der Waals surface area contributed by atoms with E-state index in [1.165, 1.54) is 31.6 Å². The van der Waals surface area contributed by atoms with Crippen molar-refractivity contribution in [2.75, 3.05) is 25.9 Å².